The Kier molecular flexibility index (Phi) is 3.35. The molecule has 4 nitrogen and oxygen atoms in total. The third-order valence-electron chi connectivity index (χ3n) is 3.77. The van der Waals surface area contributed by atoms with Gasteiger partial charge >= 0.3 is 0 Å². The van der Waals surface area contributed by atoms with Crippen LogP contribution < -0.4 is 0 Å². The van der Waals surface area contributed by atoms with E-state index < -0.39 is 9.84 Å². The van der Waals surface area contributed by atoms with Crippen molar-refractivity contribution in [1.29, 1.82) is 0 Å². The number of carbonyl (C=O) groups excluding carboxylic acids is 1. The third-order valence-corrected chi connectivity index (χ3v) is 5.52. The number of rotatable bonds is 3. The lowest BCUT2D eigenvalue weighted by Crippen LogP contribution is -2.37. The minimum absolute atomic E-state index is 0.124. The van der Waals surface area contributed by atoms with Crippen molar-refractivity contribution in [1.82, 2.24) is 4.90 Å². The van der Waals surface area contributed by atoms with Crippen molar-refractivity contribution in [2.24, 2.45) is 5.92 Å². The molecule has 0 aromatic carbocycles. The Morgan fingerprint density at radius 3 is 2.62 bits per heavy atom. The van der Waals surface area contributed by atoms with E-state index in [4.69, 9.17) is 0 Å². The van der Waals surface area contributed by atoms with Crippen LogP contribution in [0.25, 0.3) is 0 Å². The van der Waals surface area contributed by atoms with E-state index in [1.54, 1.807) is 0 Å². The standard InChI is InChI=1S/C11H19NO3S/c1-12(7-9-3-2-4-11(9)13)10-5-6-16(14,15)8-10/h9-10H,2-8H2,1H3. The quantitative estimate of drug-likeness (QED) is 0.725. The van der Waals surface area contributed by atoms with Gasteiger partial charge in [-0.15, -0.1) is 0 Å². The Morgan fingerprint density at radius 1 is 1.38 bits per heavy atom. The molecule has 1 heterocycles. The zero-order valence-electron chi connectivity index (χ0n) is 9.68. The van der Waals surface area contributed by atoms with Gasteiger partial charge in [-0.05, 0) is 26.3 Å². The van der Waals surface area contributed by atoms with Gasteiger partial charge in [0.2, 0.25) is 0 Å². The van der Waals surface area contributed by atoms with Gasteiger partial charge in [0, 0.05) is 24.9 Å². The minimum Gasteiger partial charge on any atom is -0.302 e. The molecule has 0 aromatic rings. The van der Waals surface area contributed by atoms with Crippen molar-refractivity contribution in [3.8, 4) is 0 Å². The molecule has 1 aliphatic carbocycles. The number of hydrogen-bond acceptors (Lipinski definition) is 4. The smallest absolute Gasteiger partial charge is 0.151 e. The summed E-state index contributed by atoms with van der Waals surface area (Å²) in [5, 5.41) is 0. The molecular weight excluding hydrogens is 226 g/mol. The van der Waals surface area contributed by atoms with Crippen LogP contribution in [0.4, 0.5) is 0 Å². The van der Waals surface area contributed by atoms with E-state index in [0.29, 0.717) is 18.0 Å². The van der Waals surface area contributed by atoms with E-state index in [-0.39, 0.29) is 17.7 Å². The normalized spacial score (nSPS) is 33.8. The minimum atomic E-state index is -2.81. The zero-order valence-corrected chi connectivity index (χ0v) is 10.5. The summed E-state index contributed by atoms with van der Waals surface area (Å²) >= 11 is 0. The fourth-order valence-corrected chi connectivity index (χ4v) is 4.51. The van der Waals surface area contributed by atoms with E-state index in [1.165, 1.54) is 0 Å². The maximum absolute atomic E-state index is 11.5. The third kappa shape index (κ3) is 2.63. The van der Waals surface area contributed by atoms with E-state index in [9.17, 15) is 13.2 Å². The molecule has 16 heavy (non-hydrogen) atoms. The highest BCUT2D eigenvalue weighted by Crippen LogP contribution is 2.24. The maximum atomic E-state index is 11.5. The number of Topliss-reactive ketones (excluding diaryl/α,β-unsaturated/α-hetero) is 1. The van der Waals surface area contributed by atoms with Crippen LogP contribution in [-0.4, -0.2) is 50.2 Å². The number of nitrogens with zero attached hydrogens (tertiary/aromatic N) is 1. The first-order valence-corrected chi connectivity index (χ1v) is 7.73. The van der Waals surface area contributed by atoms with Gasteiger partial charge in [0.1, 0.15) is 5.78 Å². The Balaban J connectivity index is 1.89. The number of hydrogen-bond donors (Lipinski definition) is 0. The highest BCUT2D eigenvalue weighted by molar-refractivity contribution is 7.91. The summed E-state index contributed by atoms with van der Waals surface area (Å²) in [6.45, 7) is 0.735. The van der Waals surface area contributed by atoms with Crippen molar-refractivity contribution in [2.45, 2.75) is 31.7 Å². The lowest BCUT2D eigenvalue weighted by molar-refractivity contribution is -0.121. The first-order chi connectivity index (χ1) is 7.48. The fourth-order valence-electron chi connectivity index (χ4n) is 2.70. The van der Waals surface area contributed by atoms with Crippen molar-refractivity contribution in [2.75, 3.05) is 25.1 Å². The molecule has 0 spiro atoms. The Bertz CT molecular complexity index is 377. The van der Waals surface area contributed by atoms with Crippen LogP contribution in [0.3, 0.4) is 0 Å². The first-order valence-electron chi connectivity index (χ1n) is 5.91. The van der Waals surface area contributed by atoms with E-state index in [1.807, 2.05) is 7.05 Å². The lowest BCUT2D eigenvalue weighted by Gasteiger charge is -2.25. The molecule has 1 saturated carbocycles. The van der Waals surface area contributed by atoms with Gasteiger partial charge in [0.25, 0.3) is 0 Å². The molecule has 2 unspecified atom stereocenters. The summed E-state index contributed by atoms with van der Waals surface area (Å²) in [4.78, 5) is 13.6. The molecular formula is C11H19NO3S. The second-order valence-electron chi connectivity index (χ2n) is 5.05. The second-order valence-corrected chi connectivity index (χ2v) is 7.28. The summed E-state index contributed by atoms with van der Waals surface area (Å²) in [5.41, 5.74) is 0. The summed E-state index contributed by atoms with van der Waals surface area (Å²) < 4.78 is 22.7. The molecule has 2 atom stereocenters. The van der Waals surface area contributed by atoms with E-state index in [0.717, 1.165) is 25.8 Å². The number of carbonyl (C=O) groups is 1. The van der Waals surface area contributed by atoms with Gasteiger partial charge in [0.15, 0.2) is 9.84 Å². The van der Waals surface area contributed by atoms with Crippen molar-refractivity contribution < 1.29 is 13.2 Å². The van der Waals surface area contributed by atoms with Gasteiger partial charge in [-0.25, -0.2) is 8.42 Å². The molecule has 92 valence electrons. The Morgan fingerprint density at radius 2 is 2.12 bits per heavy atom. The predicted molar refractivity (Wildman–Crippen MR) is 62.0 cm³/mol. The van der Waals surface area contributed by atoms with Gasteiger partial charge in [0.05, 0.1) is 11.5 Å². The molecule has 0 radical (unpaired) electrons. The highest BCUT2D eigenvalue weighted by atomic mass is 32.2. The van der Waals surface area contributed by atoms with Crippen LogP contribution in [0.2, 0.25) is 0 Å². The SMILES string of the molecule is CN(CC1CCCC1=O)C1CCS(=O)(=O)C1. The Labute approximate surface area is 96.9 Å². The highest BCUT2D eigenvalue weighted by Gasteiger charge is 2.33. The van der Waals surface area contributed by atoms with Gasteiger partial charge in [-0.2, -0.15) is 0 Å². The van der Waals surface area contributed by atoms with Gasteiger partial charge < -0.3 is 4.90 Å². The second kappa shape index (κ2) is 4.45. The van der Waals surface area contributed by atoms with Crippen molar-refractivity contribution in [3.05, 3.63) is 0 Å². The molecule has 1 aliphatic heterocycles. The fraction of sp³-hybridized carbons (Fsp3) is 0.909. The first kappa shape index (κ1) is 12.0. The van der Waals surface area contributed by atoms with Crippen molar-refractivity contribution in [3.63, 3.8) is 0 Å². The van der Waals surface area contributed by atoms with Crippen molar-refractivity contribution >= 4 is 15.6 Å². The van der Waals surface area contributed by atoms with Crippen LogP contribution in [0.15, 0.2) is 0 Å². The zero-order chi connectivity index (χ0) is 11.8. The van der Waals surface area contributed by atoms with Gasteiger partial charge in [-0.3, -0.25) is 4.79 Å². The van der Waals surface area contributed by atoms with Gasteiger partial charge in [-0.1, -0.05) is 0 Å². The monoisotopic (exact) mass is 245 g/mol. The summed E-state index contributed by atoms with van der Waals surface area (Å²) in [6.07, 6.45) is 3.41. The Hall–Kier alpha value is -0.420. The lowest BCUT2D eigenvalue weighted by atomic mass is 10.1. The average Bonchev–Trinajstić information content (AvgIpc) is 2.74. The topological polar surface area (TPSA) is 54.5 Å². The molecule has 2 rings (SSSR count). The molecule has 0 N–H and O–H groups in total. The van der Waals surface area contributed by atoms with Crippen LogP contribution in [0.5, 0.6) is 0 Å². The molecule has 5 heteroatoms. The number of sulfone groups is 1. The molecule has 0 bridgehead atoms. The summed E-state index contributed by atoms with van der Waals surface area (Å²) in [7, 11) is -0.873. The molecule has 0 aromatic heterocycles. The number of ketones is 1. The largest absolute Gasteiger partial charge is 0.302 e. The molecule has 1 saturated heterocycles. The van der Waals surface area contributed by atoms with Crippen LogP contribution in [-0.2, 0) is 14.6 Å². The van der Waals surface area contributed by atoms with E-state index >= 15 is 0 Å². The summed E-state index contributed by atoms with van der Waals surface area (Å²) in [6, 6.07) is 0.124. The molecule has 2 aliphatic rings. The molecule has 0 amide bonds. The van der Waals surface area contributed by atoms with Crippen LogP contribution in [0, 0.1) is 5.92 Å². The van der Waals surface area contributed by atoms with Crippen LogP contribution >= 0.6 is 0 Å². The van der Waals surface area contributed by atoms with E-state index in [2.05, 4.69) is 4.90 Å². The predicted octanol–water partition coefficient (Wildman–Crippen LogP) is 0.475. The average molecular weight is 245 g/mol. The molecule has 2 fully saturated rings. The van der Waals surface area contributed by atoms with Crippen LogP contribution in [0.1, 0.15) is 25.7 Å². The summed E-state index contributed by atoms with van der Waals surface area (Å²) in [5.74, 6) is 1.08. The maximum Gasteiger partial charge on any atom is 0.151 e.